The summed E-state index contributed by atoms with van der Waals surface area (Å²) in [6.45, 7) is 0.572. The van der Waals surface area contributed by atoms with Gasteiger partial charge in [-0.25, -0.2) is 9.37 Å². The molecule has 0 aliphatic rings. The van der Waals surface area contributed by atoms with Crippen molar-refractivity contribution in [1.29, 1.82) is 0 Å². The van der Waals surface area contributed by atoms with Gasteiger partial charge in [0.15, 0.2) is 5.76 Å². The van der Waals surface area contributed by atoms with Crippen molar-refractivity contribution in [3.8, 4) is 17.1 Å². The molecule has 0 fully saturated rings. The van der Waals surface area contributed by atoms with Crippen LogP contribution in [0.5, 0.6) is 5.75 Å². The van der Waals surface area contributed by atoms with Crippen LogP contribution in [-0.2, 0) is 0 Å². The molecule has 0 saturated heterocycles. The van der Waals surface area contributed by atoms with Gasteiger partial charge >= 0.3 is 0 Å². The number of hydrogen-bond acceptors (Lipinski definition) is 4. The molecule has 0 aliphatic carbocycles. The van der Waals surface area contributed by atoms with Crippen LogP contribution in [0.4, 0.5) is 4.39 Å². The van der Waals surface area contributed by atoms with E-state index in [9.17, 15) is 4.39 Å². The number of nitrogens with zero attached hydrogens (tertiary/aromatic N) is 1. The molecular formula is C17H14FNO2S. The Kier molecular flexibility index (Phi) is 4.75. The Morgan fingerprint density at radius 1 is 1.05 bits per heavy atom. The Bertz CT molecular complexity index is 713. The second-order valence-electron chi connectivity index (χ2n) is 4.51. The minimum atomic E-state index is -0.268. The minimum Gasteiger partial charge on any atom is -0.493 e. The first kappa shape index (κ1) is 14.7. The molecule has 0 spiro atoms. The number of aromatic nitrogens is 1. The van der Waals surface area contributed by atoms with Gasteiger partial charge < -0.3 is 9.15 Å². The monoisotopic (exact) mass is 315 g/mol. The topological polar surface area (TPSA) is 35.3 Å². The van der Waals surface area contributed by atoms with Gasteiger partial charge in [0.2, 0.25) is 0 Å². The zero-order valence-corrected chi connectivity index (χ0v) is 12.6. The lowest BCUT2D eigenvalue weighted by atomic mass is 10.2. The van der Waals surface area contributed by atoms with Crippen LogP contribution in [0, 0.1) is 5.82 Å². The van der Waals surface area contributed by atoms with E-state index in [1.807, 2.05) is 30.3 Å². The van der Waals surface area contributed by atoms with Crippen molar-refractivity contribution in [2.75, 3.05) is 12.4 Å². The van der Waals surface area contributed by atoms with Crippen molar-refractivity contribution in [2.45, 2.75) is 5.22 Å². The van der Waals surface area contributed by atoms with E-state index in [1.165, 1.54) is 23.9 Å². The molecule has 0 unspecified atom stereocenters. The molecule has 0 saturated carbocycles. The number of para-hydroxylation sites is 1. The molecule has 0 aliphatic heterocycles. The number of rotatable bonds is 6. The summed E-state index contributed by atoms with van der Waals surface area (Å²) < 4.78 is 24.1. The van der Waals surface area contributed by atoms with Gasteiger partial charge in [0, 0.05) is 11.3 Å². The third-order valence-corrected chi connectivity index (χ3v) is 3.74. The molecule has 3 nitrogen and oxygen atoms in total. The Labute approximate surface area is 132 Å². The van der Waals surface area contributed by atoms with E-state index >= 15 is 0 Å². The van der Waals surface area contributed by atoms with Gasteiger partial charge in [-0.1, -0.05) is 30.0 Å². The molecule has 112 valence electrons. The van der Waals surface area contributed by atoms with Crippen LogP contribution in [0.2, 0.25) is 0 Å². The SMILES string of the molecule is Fc1ccc(-c2cnc(SCCOc3ccccc3)o2)cc1. The molecule has 22 heavy (non-hydrogen) atoms. The van der Waals surface area contributed by atoms with E-state index in [0.717, 1.165) is 17.1 Å². The van der Waals surface area contributed by atoms with E-state index in [0.29, 0.717) is 17.6 Å². The Morgan fingerprint density at radius 3 is 2.59 bits per heavy atom. The molecule has 5 heteroatoms. The number of oxazole rings is 1. The van der Waals surface area contributed by atoms with E-state index in [-0.39, 0.29) is 5.82 Å². The number of ether oxygens (including phenoxy) is 1. The zero-order valence-electron chi connectivity index (χ0n) is 11.7. The van der Waals surface area contributed by atoms with Crippen molar-refractivity contribution >= 4 is 11.8 Å². The van der Waals surface area contributed by atoms with Gasteiger partial charge in [-0.2, -0.15) is 0 Å². The lowest BCUT2D eigenvalue weighted by Gasteiger charge is -2.03. The smallest absolute Gasteiger partial charge is 0.256 e. The third-order valence-electron chi connectivity index (χ3n) is 2.93. The highest BCUT2D eigenvalue weighted by Gasteiger charge is 2.07. The molecular weight excluding hydrogens is 301 g/mol. The normalized spacial score (nSPS) is 10.6. The van der Waals surface area contributed by atoms with Crippen LogP contribution in [0.25, 0.3) is 11.3 Å². The molecule has 3 rings (SSSR count). The van der Waals surface area contributed by atoms with E-state index in [1.54, 1.807) is 18.3 Å². The summed E-state index contributed by atoms with van der Waals surface area (Å²) in [4.78, 5) is 4.21. The first-order valence-electron chi connectivity index (χ1n) is 6.84. The van der Waals surface area contributed by atoms with Crippen LogP contribution < -0.4 is 4.74 Å². The average molecular weight is 315 g/mol. The second-order valence-corrected chi connectivity index (χ2v) is 5.55. The van der Waals surface area contributed by atoms with Gasteiger partial charge in [-0.05, 0) is 36.4 Å². The van der Waals surface area contributed by atoms with Crippen LogP contribution in [0.3, 0.4) is 0 Å². The Balaban J connectivity index is 1.50. The first-order valence-corrected chi connectivity index (χ1v) is 7.82. The summed E-state index contributed by atoms with van der Waals surface area (Å²) in [5.41, 5.74) is 0.807. The van der Waals surface area contributed by atoms with Crippen LogP contribution in [-0.4, -0.2) is 17.3 Å². The van der Waals surface area contributed by atoms with Crippen LogP contribution >= 0.6 is 11.8 Å². The summed E-state index contributed by atoms with van der Waals surface area (Å²) in [6.07, 6.45) is 1.65. The van der Waals surface area contributed by atoms with E-state index in [4.69, 9.17) is 9.15 Å². The molecule has 1 heterocycles. The van der Waals surface area contributed by atoms with Crippen molar-refractivity contribution in [3.63, 3.8) is 0 Å². The first-order chi connectivity index (χ1) is 10.8. The summed E-state index contributed by atoms with van der Waals surface area (Å²) in [6, 6.07) is 15.8. The molecule has 0 atom stereocenters. The van der Waals surface area contributed by atoms with Gasteiger partial charge in [0.1, 0.15) is 11.6 Å². The largest absolute Gasteiger partial charge is 0.493 e. The minimum absolute atomic E-state index is 0.268. The molecule has 0 bridgehead atoms. The Hall–Kier alpha value is -2.27. The van der Waals surface area contributed by atoms with Gasteiger partial charge in [-0.15, -0.1) is 0 Å². The fourth-order valence-corrected chi connectivity index (χ4v) is 2.49. The molecule has 1 aromatic heterocycles. The summed E-state index contributed by atoms with van der Waals surface area (Å²) in [7, 11) is 0. The molecule has 0 radical (unpaired) electrons. The maximum atomic E-state index is 12.9. The summed E-state index contributed by atoms with van der Waals surface area (Å²) in [5, 5.41) is 0.580. The highest BCUT2D eigenvalue weighted by atomic mass is 32.2. The van der Waals surface area contributed by atoms with Crippen LogP contribution in [0.15, 0.2) is 70.4 Å². The van der Waals surface area contributed by atoms with Crippen LogP contribution in [0.1, 0.15) is 0 Å². The number of hydrogen-bond donors (Lipinski definition) is 0. The van der Waals surface area contributed by atoms with Gasteiger partial charge in [0.25, 0.3) is 5.22 Å². The summed E-state index contributed by atoms with van der Waals surface area (Å²) in [5.74, 6) is 1.95. The second kappa shape index (κ2) is 7.13. The van der Waals surface area contributed by atoms with Gasteiger partial charge in [0.05, 0.1) is 12.8 Å². The predicted molar refractivity (Wildman–Crippen MR) is 84.6 cm³/mol. The fraction of sp³-hybridized carbons (Fsp3) is 0.118. The molecule has 2 aromatic carbocycles. The highest BCUT2D eigenvalue weighted by molar-refractivity contribution is 7.99. The average Bonchev–Trinajstić information content (AvgIpc) is 3.02. The quantitative estimate of drug-likeness (QED) is 0.490. The van der Waals surface area contributed by atoms with Gasteiger partial charge in [-0.3, -0.25) is 0 Å². The highest BCUT2D eigenvalue weighted by Crippen LogP contribution is 2.25. The van der Waals surface area contributed by atoms with Crippen molar-refractivity contribution in [2.24, 2.45) is 0 Å². The maximum absolute atomic E-state index is 12.9. The lowest BCUT2D eigenvalue weighted by Crippen LogP contribution is -1.99. The number of thioether (sulfide) groups is 1. The third kappa shape index (κ3) is 3.89. The van der Waals surface area contributed by atoms with E-state index in [2.05, 4.69) is 4.98 Å². The number of benzene rings is 2. The van der Waals surface area contributed by atoms with Crippen molar-refractivity contribution < 1.29 is 13.5 Å². The summed E-state index contributed by atoms with van der Waals surface area (Å²) >= 11 is 1.48. The van der Waals surface area contributed by atoms with E-state index < -0.39 is 0 Å². The standard InChI is InChI=1S/C17H14FNO2S/c18-14-8-6-13(7-9-14)16-12-19-17(21-16)22-11-10-20-15-4-2-1-3-5-15/h1-9,12H,10-11H2. The maximum Gasteiger partial charge on any atom is 0.256 e. The van der Waals surface area contributed by atoms with Crippen molar-refractivity contribution in [1.82, 2.24) is 4.98 Å². The lowest BCUT2D eigenvalue weighted by molar-refractivity contribution is 0.343. The fourth-order valence-electron chi connectivity index (χ4n) is 1.88. The predicted octanol–water partition coefficient (Wildman–Crippen LogP) is 4.65. The Morgan fingerprint density at radius 2 is 1.82 bits per heavy atom. The molecule has 0 N–H and O–H groups in total. The molecule has 3 aromatic rings. The zero-order chi connectivity index (χ0) is 15.2. The van der Waals surface area contributed by atoms with Crippen molar-refractivity contribution in [3.05, 3.63) is 66.6 Å². The number of halogens is 1. The molecule has 0 amide bonds.